The molecule has 1 heterocycles. The van der Waals surface area contributed by atoms with Gasteiger partial charge in [-0.3, -0.25) is 4.79 Å². The maximum absolute atomic E-state index is 12.8. The molecule has 2 saturated carbocycles. The third-order valence-corrected chi connectivity index (χ3v) is 7.62. The van der Waals surface area contributed by atoms with Crippen LogP contribution in [0.4, 0.5) is 0 Å². The van der Waals surface area contributed by atoms with Gasteiger partial charge in [0, 0.05) is 30.0 Å². The monoisotopic (exact) mass is 452 g/mol. The minimum absolute atomic E-state index is 0.230. The van der Waals surface area contributed by atoms with E-state index >= 15 is 0 Å². The molecule has 0 bridgehead atoms. The van der Waals surface area contributed by atoms with Crippen molar-refractivity contribution in [2.75, 3.05) is 13.7 Å². The SMILES string of the molecule is CCCCOc1c(C)c(CO[C@H]2CC[C@H](N(C)C(=O)C3CCCC3)CC2)nc2ccccc12. The molecule has 0 radical (unpaired) electrons. The van der Waals surface area contributed by atoms with Crippen molar-refractivity contribution in [2.24, 2.45) is 5.92 Å². The fourth-order valence-electron chi connectivity index (χ4n) is 5.41. The summed E-state index contributed by atoms with van der Waals surface area (Å²) in [6.45, 7) is 5.51. The van der Waals surface area contributed by atoms with E-state index in [9.17, 15) is 4.79 Å². The average molecular weight is 453 g/mol. The molecule has 0 spiro atoms. The van der Waals surface area contributed by atoms with E-state index in [0.717, 1.165) is 85.9 Å². The molecule has 5 nitrogen and oxygen atoms in total. The topological polar surface area (TPSA) is 51.7 Å². The number of unbranched alkanes of at least 4 members (excludes halogenated alkanes) is 1. The van der Waals surface area contributed by atoms with Crippen molar-refractivity contribution < 1.29 is 14.3 Å². The first-order chi connectivity index (χ1) is 16.1. The molecule has 0 atom stereocenters. The molecule has 2 aromatic rings. The number of ether oxygens (including phenoxy) is 2. The Labute approximate surface area is 198 Å². The molecule has 1 amide bonds. The Morgan fingerprint density at radius 1 is 1.09 bits per heavy atom. The molecule has 2 aliphatic rings. The Balaban J connectivity index is 1.35. The van der Waals surface area contributed by atoms with Gasteiger partial charge in [0.2, 0.25) is 5.91 Å². The first kappa shape index (κ1) is 24.0. The van der Waals surface area contributed by atoms with Crippen LogP contribution in [0.5, 0.6) is 5.75 Å². The van der Waals surface area contributed by atoms with Gasteiger partial charge in [0.25, 0.3) is 0 Å². The van der Waals surface area contributed by atoms with Crippen molar-refractivity contribution in [3.63, 3.8) is 0 Å². The molecular weight excluding hydrogens is 412 g/mol. The van der Waals surface area contributed by atoms with Gasteiger partial charge < -0.3 is 14.4 Å². The first-order valence-corrected chi connectivity index (χ1v) is 13.0. The van der Waals surface area contributed by atoms with E-state index in [0.29, 0.717) is 18.6 Å². The minimum Gasteiger partial charge on any atom is -0.493 e. The number of fused-ring (bicyclic) bond motifs is 1. The van der Waals surface area contributed by atoms with Crippen LogP contribution in [0.2, 0.25) is 0 Å². The molecule has 2 aliphatic carbocycles. The van der Waals surface area contributed by atoms with E-state index in [1.807, 2.05) is 30.1 Å². The quantitative estimate of drug-likeness (QED) is 0.425. The molecule has 0 aliphatic heterocycles. The number of aromatic nitrogens is 1. The van der Waals surface area contributed by atoms with Crippen molar-refractivity contribution in [1.29, 1.82) is 0 Å². The van der Waals surface area contributed by atoms with Gasteiger partial charge in [-0.25, -0.2) is 4.98 Å². The highest BCUT2D eigenvalue weighted by molar-refractivity contribution is 5.86. The third-order valence-electron chi connectivity index (χ3n) is 7.62. The lowest BCUT2D eigenvalue weighted by Gasteiger charge is -2.35. The van der Waals surface area contributed by atoms with Gasteiger partial charge in [0.15, 0.2) is 0 Å². The van der Waals surface area contributed by atoms with Crippen molar-refractivity contribution in [3.8, 4) is 5.75 Å². The zero-order chi connectivity index (χ0) is 23.2. The molecule has 1 aromatic carbocycles. The van der Waals surface area contributed by atoms with Gasteiger partial charge in [0.05, 0.1) is 30.5 Å². The number of hydrogen-bond acceptors (Lipinski definition) is 4. The Hall–Kier alpha value is -2.14. The van der Waals surface area contributed by atoms with E-state index in [4.69, 9.17) is 14.5 Å². The van der Waals surface area contributed by atoms with E-state index in [1.54, 1.807) is 0 Å². The summed E-state index contributed by atoms with van der Waals surface area (Å²) in [6, 6.07) is 8.56. The van der Waals surface area contributed by atoms with Gasteiger partial charge in [-0.15, -0.1) is 0 Å². The van der Waals surface area contributed by atoms with Crippen LogP contribution in [0.15, 0.2) is 24.3 Å². The van der Waals surface area contributed by atoms with Gasteiger partial charge in [-0.1, -0.05) is 38.3 Å². The molecule has 2 fully saturated rings. The van der Waals surface area contributed by atoms with Crippen LogP contribution in [0.25, 0.3) is 10.9 Å². The standard InChI is InChI=1S/C28H40N2O3/c1-4-5-18-32-27-20(2)26(29-25-13-9-8-12-24(25)27)19-33-23-16-14-22(15-17-23)30(3)28(31)21-10-6-7-11-21/h8-9,12-13,21-23H,4-7,10-11,14-19H2,1-3H3/t22-,23-. The normalized spacial score (nSPS) is 21.4. The molecular formula is C28H40N2O3. The molecule has 1 aromatic heterocycles. The van der Waals surface area contributed by atoms with Gasteiger partial charge >= 0.3 is 0 Å². The highest BCUT2D eigenvalue weighted by Crippen LogP contribution is 2.33. The second-order valence-electron chi connectivity index (χ2n) is 9.90. The number of hydrogen-bond donors (Lipinski definition) is 0. The summed E-state index contributed by atoms with van der Waals surface area (Å²) in [5.41, 5.74) is 3.01. The van der Waals surface area contributed by atoms with Gasteiger partial charge in [0.1, 0.15) is 5.75 Å². The summed E-state index contributed by atoms with van der Waals surface area (Å²) in [7, 11) is 2.01. The van der Waals surface area contributed by atoms with Crippen molar-refractivity contribution in [1.82, 2.24) is 9.88 Å². The molecule has 180 valence electrons. The predicted octanol–water partition coefficient (Wildman–Crippen LogP) is 6.20. The summed E-state index contributed by atoms with van der Waals surface area (Å²) < 4.78 is 12.5. The maximum atomic E-state index is 12.8. The molecule has 5 heteroatoms. The predicted molar refractivity (Wildman–Crippen MR) is 132 cm³/mol. The second-order valence-corrected chi connectivity index (χ2v) is 9.90. The third kappa shape index (κ3) is 5.68. The Bertz CT molecular complexity index is 930. The van der Waals surface area contributed by atoms with Crippen molar-refractivity contribution in [2.45, 2.75) is 96.8 Å². The highest BCUT2D eigenvalue weighted by Gasteiger charge is 2.31. The largest absolute Gasteiger partial charge is 0.493 e. The summed E-state index contributed by atoms with van der Waals surface area (Å²) in [5, 5.41) is 1.07. The summed E-state index contributed by atoms with van der Waals surface area (Å²) in [6.07, 6.45) is 11.0. The number of carbonyl (C=O) groups is 1. The summed E-state index contributed by atoms with van der Waals surface area (Å²) in [5.74, 6) is 1.58. The molecule has 4 rings (SSSR count). The first-order valence-electron chi connectivity index (χ1n) is 13.0. The number of pyridine rings is 1. The number of para-hydroxylation sites is 1. The van der Waals surface area contributed by atoms with Crippen molar-refractivity contribution >= 4 is 16.8 Å². The van der Waals surface area contributed by atoms with Crippen LogP contribution in [-0.2, 0) is 16.1 Å². The van der Waals surface area contributed by atoms with Crippen LogP contribution in [0.3, 0.4) is 0 Å². The van der Waals surface area contributed by atoms with E-state index in [2.05, 4.69) is 19.9 Å². The van der Waals surface area contributed by atoms with E-state index in [-0.39, 0.29) is 12.0 Å². The number of carbonyl (C=O) groups excluding carboxylic acids is 1. The smallest absolute Gasteiger partial charge is 0.225 e. The van der Waals surface area contributed by atoms with Crippen LogP contribution in [0, 0.1) is 12.8 Å². The Morgan fingerprint density at radius 3 is 2.55 bits per heavy atom. The molecule has 33 heavy (non-hydrogen) atoms. The zero-order valence-corrected chi connectivity index (χ0v) is 20.6. The van der Waals surface area contributed by atoms with E-state index < -0.39 is 0 Å². The summed E-state index contributed by atoms with van der Waals surface area (Å²) >= 11 is 0. The van der Waals surface area contributed by atoms with Crippen molar-refractivity contribution in [3.05, 3.63) is 35.5 Å². The molecule has 0 N–H and O–H groups in total. The lowest BCUT2D eigenvalue weighted by atomic mass is 9.91. The highest BCUT2D eigenvalue weighted by atomic mass is 16.5. The summed E-state index contributed by atoms with van der Waals surface area (Å²) in [4.78, 5) is 19.7. The van der Waals surface area contributed by atoms with Crippen LogP contribution in [-0.4, -0.2) is 41.6 Å². The zero-order valence-electron chi connectivity index (χ0n) is 20.6. The lowest BCUT2D eigenvalue weighted by molar-refractivity contribution is -0.137. The number of nitrogens with zero attached hydrogens (tertiary/aromatic N) is 2. The Kier molecular flexibility index (Phi) is 8.24. The minimum atomic E-state index is 0.230. The van der Waals surface area contributed by atoms with Crippen LogP contribution < -0.4 is 4.74 Å². The molecule has 0 unspecified atom stereocenters. The fraction of sp³-hybridized carbons (Fsp3) is 0.643. The van der Waals surface area contributed by atoms with Crippen LogP contribution >= 0.6 is 0 Å². The Morgan fingerprint density at radius 2 is 1.82 bits per heavy atom. The van der Waals surface area contributed by atoms with Gasteiger partial charge in [-0.2, -0.15) is 0 Å². The fourth-order valence-corrected chi connectivity index (χ4v) is 5.41. The van der Waals surface area contributed by atoms with Crippen LogP contribution in [0.1, 0.15) is 82.4 Å². The average Bonchev–Trinajstić information content (AvgIpc) is 3.39. The second kappa shape index (κ2) is 11.3. The van der Waals surface area contributed by atoms with E-state index in [1.165, 1.54) is 12.8 Å². The maximum Gasteiger partial charge on any atom is 0.225 e. The van der Waals surface area contributed by atoms with Gasteiger partial charge in [-0.05, 0) is 64.0 Å². The number of amides is 1. The molecule has 0 saturated heterocycles. The number of benzene rings is 1. The lowest BCUT2D eigenvalue weighted by Crippen LogP contribution is -2.43. The number of rotatable bonds is 9.